The molecule has 0 aliphatic heterocycles. The summed E-state index contributed by atoms with van der Waals surface area (Å²) in [5, 5.41) is 3.49. The summed E-state index contributed by atoms with van der Waals surface area (Å²) in [4.78, 5) is 0. The van der Waals surface area contributed by atoms with Crippen molar-refractivity contribution in [3.63, 3.8) is 0 Å². The van der Waals surface area contributed by atoms with Crippen LogP contribution in [0, 0.1) is 13.8 Å². The fourth-order valence-electron chi connectivity index (χ4n) is 2.23. The van der Waals surface area contributed by atoms with Gasteiger partial charge in [0, 0.05) is 20.3 Å². The number of nitrogens with one attached hydrogen (secondary N) is 1. The van der Waals surface area contributed by atoms with Crippen molar-refractivity contribution in [3.8, 4) is 0 Å². The van der Waals surface area contributed by atoms with Crippen molar-refractivity contribution < 1.29 is 9.47 Å². The van der Waals surface area contributed by atoms with E-state index >= 15 is 0 Å². The second kappa shape index (κ2) is 9.08. The summed E-state index contributed by atoms with van der Waals surface area (Å²) in [6.07, 6.45) is 0.947. The lowest BCUT2D eigenvalue weighted by atomic mass is 9.99. The van der Waals surface area contributed by atoms with E-state index in [9.17, 15) is 0 Å². The molecule has 0 fully saturated rings. The van der Waals surface area contributed by atoms with E-state index in [2.05, 4.69) is 44.3 Å². The second-order valence-corrected chi connectivity index (χ2v) is 4.89. The molecule has 108 valence electrons. The van der Waals surface area contributed by atoms with Crippen LogP contribution in [0.15, 0.2) is 18.2 Å². The highest BCUT2D eigenvalue weighted by atomic mass is 16.5. The topological polar surface area (TPSA) is 30.5 Å². The first-order valence-electron chi connectivity index (χ1n) is 7.06. The Kier molecular flexibility index (Phi) is 7.72. The van der Waals surface area contributed by atoms with Crippen LogP contribution in [0.1, 0.15) is 36.1 Å². The third-order valence-electron chi connectivity index (χ3n) is 3.17. The first-order valence-corrected chi connectivity index (χ1v) is 7.06. The molecule has 3 nitrogen and oxygen atoms in total. The molecule has 0 aliphatic rings. The van der Waals surface area contributed by atoms with Crippen LogP contribution in [-0.4, -0.2) is 33.5 Å². The average molecular weight is 265 g/mol. The summed E-state index contributed by atoms with van der Waals surface area (Å²) in [6.45, 7) is 9.58. The van der Waals surface area contributed by atoms with Crippen LogP contribution in [0.5, 0.6) is 0 Å². The molecular formula is C16H27NO2. The molecule has 0 heterocycles. The van der Waals surface area contributed by atoms with E-state index in [0.717, 1.165) is 26.2 Å². The summed E-state index contributed by atoms with van der Waals surface area (Å²) in [7, 11) is 1.72. The minimum absolute atomic E-state index is 0.271. The van der Waals surface area contributed by atoms with Crippen molar-refractivity contribution in [2.24, 2.45) is 0 Å². The maximum Gasteiger partial charge on any atom is 0.0661 e. The third kappa shape index (κ3) is 5.72. The predicted molar refractivity (Wildman–Crippen MR) is 79.6 cm³/mol. The molecule has 1 aromatic carbocycles. The van der Waals surface area contributed by atoms with E-state index in [1.807, 2.05) is 0 Å². The molecule has 0 aliphatic carbocycles. The van der Waals surface area contributed by atoms with Crippen LogP contribution >= 0.6 is 0 Å². The summed E-state index contributed by atoms with van der Waals surface area (Å²) < 4.78 is 10.8. The minimum atomic E-state index is 0.271. The zero-order chi connectivity index (χ0) is 14.1. The summed E-state index contributed by atoms with van der Waals surface area (Å²) in [5.41, 5.74) is 3.96. The lowest BCUT2D eigenvalue weighted by Crippen LogP contribution is -2.26. The van der Waals surface area contributed by atoms with Gasteiger partial charge in [-0.05, 0) is 37.9 Å². The summed E-state index contributed by atoms with van der Waals surface area (Å²) in [5.74, 6) is 0. The number of benzene rings is 1. The van der Waals surface area contributed by atoms with Crippen LogP contribution in [0.25, 0.3) is 0 Å². The van der Waals surface area contributed by atoms with Crippen molar-refractivity contribution in [2.75, 3.05) is 33.5 Å². The Morgan fingerprint density at radius 1 is 1.21 bits per heavy atom. The highest BCUT2D eigenvalue weighted by molar-refractivity contribution is 5.32. The maximum atomic E-state index is 5.75. The normalized spacial score (nSPS) is 12.6. The second-order valence-electron chi connectivity index (χ2n) is 4.89. The van der Waals surface area contributed by atoms with Gasteiger partial charge in [-0.1, -0.05) is 30.7 Å². The number of hydrogen-bond acceptors (Lipinski definition) is 3. The van der Waals surface area contributed by atoms with Gasteiger partial charge in [-0.25, -0.2) is 0 Å². The Bertz CT molecular complexity index is 366. The Labute approximate surface area is 117 Å². The number of hydrogen-bond donors (Lipinski definition) is 1. The molecule has 0 amide bonds. The highest BCUT2D eigenvalue weighted by Gasteiger charge is 2.12. The fourth-order valence-corrected chi connectivity index (χ4v) is 2.23. The first kappa shape index (κ1) is 16.2. The standard InChI is InChI=1S/C16H27NO2/c1-5-17-16(12-19-10-6-9-18-4)15-8-7-13(2)11-14(15)3/h7-8,11,16-17H,5-6,9-10,12H2,1-4H3. The van der Waals surface area contributed by atoms with Gasteiger partial charge in [-0.15, -0.1) is 0 Å². The minimum Gasteiger partial charge on any atom is -0.385 e. The predicted octanol–water partition coefficient (Wildman–Crippen LogP) is 3.01. The van der Waals surface area contributed by atoms with Crippen LogP contribution in [0.3, 0.4) is 0 Å². The lowest BCUT2D eigenvalue weighted by Gasteiger charge is -2.21. The monoisotopic (exact) mass is 265 g/mol. The van der Waals surface area contributed by atoms with Crippen LogP contribution in [0.4, 0.5) is 0 Å². The zero-order valence-electron chi connectivity index (χ0n) is 12.7. The number of likely N-dealkylation sites (N-methyl/N-ethyl adjacent to an activating group) is 1. The van der Waals surface area contributed by atoms with Gasteiger partial charge in [0.2, 0.25) is 0 Å². The number of rotatable bonds is 9. The SMILES string of the molecule is CCNC(COCCCOC)c1ccc(C)cc1C. The smallest absolute Gasteiger partial charge is 0.0661 e. The van der Waals surface area contributed by atoms with Crippen molar-refractivity contribution in [3.05, 3.63) is 34.9 Å². The Hall–Kier alpha value is -0.900. The molecule has 1 rings (SSSR count). The van der Waals surface area contributed by atoms with Gasteiger partial charge in [0.1, 0.15) is 0 Å². The quantitative estimate of drug-likeness (QED) is 0.696. The van der Waals surface area contributed by atoms with Crippen LogP contribution in [-0.2, 0) is 9.47 Å². The van der Waals surface area contributed by atoms with Crippen molar-refractivity contribution in [2.45, 2.75) is 33.2 Å². The molecule has 1 N–H and O–H groups in total. The molecule has 1 aromatic rings. The highest BCUT2D eigenvalue weighted by Crippen LogP contribution is 2.19. The van der Waals surface area contributed by atoms with Crippen molar-refractivity contribution in [1.29, 1.82) is 0 Å². The van der Waals surface area contributed by atoms with E-state index in [-0.39, 0.29) is 6.04 Å². The molecule has 0 aromatic heterocycles. The van der Waals surface area contributed by atoms with Crippen LogP contribution < -0.4 is 5.32 Å². The average Bonchev–Trinajstić information content (AvgIpc) is 2.38. The van der Waals surface area contributed by atoms with Crippen molar-refractivity contribution >= 4 is 0 Å². The van der Waals surface area contributed by atoms with E-state index in [4.69, 9.17) is 9.47 Å². The maximum absolute atomic E-state index is 5.75. The number of aryl methyl sites for hydroxylation is 2. The van der Waals surface area contributed by atoms with Crippen molar-refractivity contribution in [1.82, 2.24) is 5.32 Å². The van der Waals surface area contributed by atoms with E-state index in [1.165, 1.54) is 16.7 Å². The van der Waals surface area contributed by atoms with E-state index in [0.29, 0.717) is 6.61 Å². The Balaban J connectivity index is 2.55. The summed E-state index contributed by atoms with van der Waals surface area (Å²) >= 11 is 0. The van der Waals surface area contributed by atoms with Gasteiger partial charge >= 0.3 is 0 Å². The van der Waals surface area contributed by atoms with E-state index in [1.54, 1.807) is 7.11 Å². The van der Waals surface area contributed by atoms with Gasteiger partial charge in [-0.2, -0.15) is 0 Å². The molecule has 1 atom stereocenters. The lowest BCUT2D eigenvalue weighted by molar-refractivity contribution is 0.0876. The molecule has 0 saturated carbocycles. The molecule has 19 heavy (non-hydrogen) atoms. The van der Waals surface area contributed by atoms with Gasteiger partial charge in [0.25, 0.3) is 0 Å². The molecule has 1 unspecified atom stereocenters. The fraction of sp³-hybridized carbons (Fsp3) is 0.625. The molecule has 3 heteroatoms. The molecular weight excluding hydrogens is 238 g/mol. The zero-order valence-corrected chi connectivity index (χ0v) is 12.7. The van der Waals surface area contributed by atoms with Crippen LogP contribution in [0.2, 0.25) is 0 Å². The molecule has 0 bridgehead atoms. The van der Waals surface area contributed by atoms with Gasteiger partial charge in [-0.3, -0.25) is 0 Å². The number of methoxy groups -OCH3 is 1. The van der Waals surface area contributed by atoms with Gasteiger partial charge in [0.15, 0.2) is 0 Å². The van der Waals surface area contributed by atoms with Gasteiger partial charge in [0.05, 0.1) is 12.6 Å². The first-order chi connectivity index (χ1) is 9.19. The number of ether oxygens (including phenoxy) is 2. The largest absolute Gasteiger partial charge is 0.385 e. The molecule has 0 spiro atoms. The van der Waals surface area contributed by atoms with Gasteiger partial charge < -0.3 is 14.8 Å². The Morgan fingerprint density at radius 2 is 2.00 bits per heavy atom. The Morgan fingerprint density at radius 3 is 2.63 bits per heavy atom. The molecule has 0 saturated heterocycles. The summed E-state index contributed by atoms with van der Waals surface area (Å²) in [6, 6.07) is 6.87. The van der Waals surface area contributed by atoms with E-state index < -0.39 is 0 Å². The molecule has 0 radical (unpaired) electrons. The third-order valence-corrected chi connectivity index (χ3v) is 3.17.